The molecule has 0 saturated carbocycles. The van der Waals surface area contributed by atoms with E-state index in [-0.39, 0.29) is 12.6 Å². The summed E-state index contributed by atoms with van der Waals surface area (Å²) in [6, 6.07) is 5.29. The van der Waals surface area contributed by atoms with Crippen molar-refractivity contribution in [3.63, 3.8) is 0 Å². The number of pyridine rings is 1. The van der Waals surface area contributed by atoms with Crippen LogP contribution in [0.5, 0.6) is 0 Å². The summed E-state index contributed by atoms with van der Waals surface area (Å²) in [5.74, 6) is 0. The standard InChI is InChI=1S/C9H11N3O/c10-7-9(12-5-6-13)8-1-3-11-4-2-8/h1-4,9,12-13H,5-6H2. The zero-order valence-electron chi connectivity index (χ0n) is 7.14. The van der Waals surface area contributed by atoms with Gasteiger partial charge in [-0.1, -0.05) is 0 Å². The predicted molar refractivity (Wildman–Crippen MR) is 47.7 cm³/mol. The van der Waals surface area contributed by atoms with Crippen LogP contribution in [0.3, 0.4) is 0 Å². The minimum absolute atomic E-state index is 0.0310. The molecule has 1 aromatic rings. The van der Waals surface area contributed by atoms with Crippen LogP contribution in [0.2, 0.25) is 0 Å². The Kier molecular flexibility index (Phi) is 3.89. The zero-order chi connectivity index (χ0) is 9.52. The second kappa shape index (κ2) is 5.25. The number of nitrogens with zero attached hydrogens (tertiary/aromatic N) is 2. The molecule has 0 amide bonds. The van der Waals surface area contributed by atoms with Gasteiger partial charge in [0.05, 0.1) is 12.7 Å². The Labute approximate surface area is 76.8 Å². The average Bonchev–Trinajstić information content (AvgIpc) is 2.21. The van der Waals surface area contributed by atoms with Crippen LogP contribution in [-0.4, -0.2) is 23.2 Å². The molecule has 68 valence electrons. The van der Waals surface area contributed by atoms with Gasteiger partial charge in [-0.15, -0.1) is 0 Å². The van der Waals surface area contributed by atoms with Crippen molar-refractivity contribution >= 4 is 0 Å². The lowest BCUT2D eigenvalue weighted by atomic mass is 10.1. The van der Waals surface area contributed by atoms with Crippen LogP contribution in [0.25, 0.3) is 0 Å². The maximum atomic E-state index is 8.79. The molecule has 0 spiro atoms. The molecule has 2 N–H and O–H groups in total. The van der Waals surface area contributed by atoms with Crippen molar-refractivity contribution in [1.29, 1.82) is 5.26 Å². The minimum atomic E-state index is -0.366. The molecular formula is C9H11N3O. The number of rotatable bonds is 4. The molecule has 4 heteroatoms. The van der Waals surface area contributed by atoms with Crippen molar-refractivity contribution in [2.75, 3.05) is 13.2 Å². The average molecular weight is 177 g/mol. The summed E-state index contributed by atoms with van der Waals surface area (Å²) in [7, 11) is 0. The number of nitrogens with one attached hydrogen (secondary N) is 1. The van der Waals surface area contributed by atoms with Crippen molar-refractivity contribution in [2.24, 2.45) is 0 Å². The highest BCUT2D eigenvalue weighted by atomic mass is 16.3. The summed E-state index contributed by atoms with van der Waals surface area (Å²) in [6.45, 7) is 0.448. The maximum Gasteiger partial charge on any atom is 0.121 e. The SMILES string of the molecule is N#CC(NCCO)c1ccncc1. The molecule has 4 nitrogen and oxygen atoms in total. The van der Waals surface area contributed by atoms with Crippen LogP contribution < -0.4 is 5.32 Å². The molecule has 0 fully saturated rings. The molecule has 1 heterocycles. The van der Waals surface area contributed by atoms with Crippen molar-refractivity contribution in [3.8, 4) is 6.07 Å². The van der Waals surface area contributed by atoms with Crippen molar-refractivity contribution in [2.45, 2.75) is 6.04 Å². The zero-order valence-corrected chi connectivity index (χ0v) is 7.14. The highest BCUT2D eigenvalue weighted by Crippen LogP contribution is 2.09. The molecule has 1 rings (SSSR count). The van der Waals surface area contributed by atoms with Crippen LogP contribution >= 0.6 is 0 Å². The van der Waals surface area contributed by atoms with E-state index in [2.05, 4.69) is 16.4 Å². The van der Waals surface area contributed by atoms with Crippen LogP contribution in [-0.2, 0) is 0 Å². The number of aliphatic hydroxyl groups excluding tert-OH is 1. The van der Waals surface area contributed by atoms with Gasteiger partial charge in [0, 0.05) is 18.9 Å². The molecule has 0 radical (unpaired) electrons. The highest BCUT2D eigenvalue weighted by Gasteiger charge is 2.07. The molecule has 0 aliphatic carbocycles. The van der Waals surface area contributed by atoms with Crippen LogP contribution in [0.15, 0.2) is 24.5 Å². The van der Waals surface area contributed by atoms with Crippen molar-refractivity contribution in [3.05, 3.63) is 30.1 Å². The van der Waals surface area contributed by atoms with Crippen LogP contribution in [0.1, 0.15) is 11.6 Å². The Hall–Kier alpha value is -1.44. The first-order chi connectivity index (χ1) is 6.38. The molecule has 0 aliphatic rings. The van der Waals surface area contributed by atoms with Crippen molar-refractivity contribution in [1.82, 2.24) is 10.3 Å². The fourth-order valence-electron chi connectivity index (χ4n) is 1.00. The van der Waals surface area contributed by atoms with E-state index < -0.39 is 0 Å². The van der Waals surface area contributed by atoms with Gasteiger partial charge in [0.2, 0.25) is 0 Å². The summed E-state index contributed by atoms with van der Waals surface area (Å²) < 4.78 is 0. The van der Waals surface area contributed by atoms with Gasteiger partial charge < -0.3 is 5.11 Å². The van der Waals surface area contributed by atoms with E-state index in [1.807, 2.05) is 0 Å². The first kappa shape index (κ1) is 9.65. The Balaban J connectivity index is 2.63. The van der Waals surface area contributed by atoms with Gasteiger partial charge in [-0.25, -0.2) is 0 Å². The lowest BCUT2D eigenvalue weighted by Crippen LogP contribution is -2.23. The topological polar surface area (TPSA) is 68.9 Å². The Morgan fingerprint density at radius 1 is 1.54 bits per heavy atom. The van der Waals surface area contributed by atoms with Gasteiger partial charge in [0.1, 0.15) is 6.04 Å². The van der Waals surface area contributed by atoms with E-state index in [0.717, 1.165) is 5.56 Å². The molecule has 13 heavy (non-hydrogen) atoms. The van der Waals surface area contributed by atoms with Crippen molar-refractivity contribution < 1.29 is 5.11 Å². The Bertz CT molecular complexity index is 281. The quantitative estimate of drug-likeness (QED) is 0.690. The molecule has 0 saturated heterocycles. The Morgan fingerprint density at radius 2 is 2.23 bits per heavy atom. The third-order valence-electron chi connectivity index (χ3n) is 1.63. The fraction of sp³-hybridized carbons (Fsp3) is 0.333. The van der Waals surface area contributed by atoms with Crippen LogP contribution in [0, 0.1) is 11.3 Å². The summed E-state index contributed by atoms with van der Waals surface area (Å²) in [6.07, 6.45) is 3.28. The normalized spacial score (nSPS) is 12.0. The van der Waals surface area contributed by atoms with E-state index in [9.17, 15) is 0 Å². The smallest absolute Gasteiger partial charge is 0.121 e. The summed E-state index contributed by atoms with van der Waals surface area (Å²) >= 11 is 0. The molecule has 0 aromatic carbocycles. The highest BCUT2D eigenvalue weighted by molar-refractivity contribution is 5.20. The van der Waals surface area contributed by atoms with Gasteiger partial charge >= 0.3 is 0 Å². The largest absolute Gasteiger partial charge is 0.395 e. The van der Waals surface area contributed by atoms with Gasteiger partial charge in [-0.3, -0.25) is 10.3 Å². The molecule has 0 bridgehead atoms. The second-order valence-corrected chi connectivity index (χ2v) is 2.52. The van der Waals surface area contributed by atoms with E-state index in [4.69, 9.17) is 10.4 Å². The summed E-state index contributed by atoms with van der Waals surface area (Å²) in [5, 5.41) is 20.3. The predicted octanol–water partition coefficient (Wildman–Crippen LogP) is 0.228. The lowest BCUT2D eigenvalue weighted by Gasteiger charge is -2.09. The van der Waals surface area contributed by atoms with Gasteiger partial charge in [-0.05, 0) is 17.7 Å². The third kappa shape index (κ3) is 2.82. The number of hydrogen-bond acceptors (Lipinski definition) is 4. The van der Waals surface area contributed by atoms with Crippen LogP contribution in [0.4, 0.5) is 0 Å². The van der Waals surface area contributed by atoms with E-state index in [1.165, 1.54) is 0 Å². The lowest BCUT2D eigenvalue weighted by molar-refractivity contribution is 0.289. The first-order valence-electron chi connectivity index (χ1n) is 4.02. The van der Waals surface area contributed by atoms with E-state index >= 15 is 0 Å². The Morgan fingerprint density at radius 3 is 2.77 bits per heavy atom. The van der Waals surface area contributed by atoms with Gasteiger partial charge in [0.25, 0.3) is 0 Å². The fourth-order valence-corrected chi connectivity index (χ4v) is 1.00. The minimum Gasteiger partial charge on any atom is -0.395 e. The first-order valence-corrected chi connectivity index (χ1v) is 4.02. The maximum absolute atomic E-state index is 8.79. The number of aliphatic hydroxyl groups is 1. The molecular weight excluding hydrogens is 166 g/mol. The number of aromatic nitrogens is 1. The monoisotopic (exact) mass is 177 g/mol. The molecule has 1 atom stereocenters. The summed E-state index contributed by atoms with van der Waals surface area (Å²) in [5.41, 5.74) is 0.867. The van der Waals surface area contributed by atoms with E-state index in [0.29, 0.717) is 6.54 Å². The second-order valence-electron chi connectivity index (χ2n) is 2.52. The van der Waals surface area contributed by atoms with Gasteiger partial charge in [-0.2, -0.15) is 5.26 Å². The third-order valence-corrected chi connectivity index (χ3v) is 1.63. The molecule has 1 aromatic heterocycles. The van der Waals surface area contributed by atoms with E-state index in [1.54, 1.807) is 24.5 Å². The molecule has 1 unspecified atom stereocenters. The number of hydrogen-bond donors (Lipinski definition) is 2. The molecule has 0 aliphatic heterocycles. The number of nitriles is 1. The summed E-state index contributed by atoms with van der Waals surface area (Å²) in [4.78, 5) is 3.86. The van der Waals surface area contributed by atoms with Gasteiger partial charge in [0.15, 0.2) is 0 Å².